The lowest BCUT2D eigenvalue weighted by Crippen LogP contribution is -2.44. The molecule has 0 unspecified atom stereocenters. The minimum absolute atomic E-state index is 0.0258. The summed E-state index contributed by atoms with van der Waals surface area (Å²) in [6, 6.07) is 14.4. The summed E-state index contributed by atoms with van der Waals surface area (Å²) in [5.41, 5.74) is 0.697. The maximum absolute atomic E-state index is 13.3. The highest BCUT2D eigenvalue weighted by Crippen LogP contribution is 2.26. The van der Waals surface area contributed by atoms with E-state index in [1.807, 2.05) is 40.6 Å². The Morgan fingerprint density at radius 2 is 1.87 bits per heavy atom. The molecule has 1 aliphatic rings. The van der Waals surface area contributed by atoms with Gasteiger partial charge in [-0.15, -0.1) is 11.3 Å². The molecule has 1 aromatic carbocycles. The normalized spacial score (nSPS) is 14.6. The Kier molecular flexibility index (Phi) is 6.18. The number of rotatable bonds is 6. The average Bonchev–Trinajstić information content (AvgIpc) is 3.48. The standard InChI is InChI=1S/C23H24N2O4S/c26-20-7-2-1-5-18(20)15-25(16-19-6-3-13-29-19)22(27)17-9-11-24(12-10-17)23(28)21-8-4-14-30-21/h1-8,13-14,17,26H,9-12,15-16H2. The number of nitrogens with zero attached hydrogens (tertiary/aromatic N) is 2. The molecule has 0 aliphatic carbocycles. The summed E-state index contributed by atoms with van der Waals surface area (Å²) in [6.07, 6.45) is 2.85. The zero-order chi connectivity index (χ0) is 20.9. The molecule has 0 radical (unpaired) electrons. The first kappa shape index (κ1) is 20.2. The number of piperidine rings is 1. The van der Waals surface area contributed by atoms with Gasteiger partial charge in [0.1, 0.15) is 11.5 Å². The Morgan fingerprint density at radius 3 is 2.53 bits per heavy atom. The summed E-state index contributed by atoms with van der Waals surface area (Å²) in [5.74, 6) is 0.781. The van der Waals surface area contributed by atoms with Crippen molar-refractivity contribution in [3.63, 3.8) is 0 Å². The van der Waals surface area contributed by atoms with Gasteiger partial charge < -0.3 is 19.3 Å². The van der Waals surface area contributed by atoms with E-state index in [1.165, 1.54) is 11.3 Å². The number of hydrogen-bond acceptors (Lipinski definition) is 5. The van der Waals surface area contributed by atoms with Gasteiger partial charge in [-0.25, -0.2) is 0 Å². The third kappa shape index (κ3) is 4.57. The van der Waals surface area contributed by atoms with Gasteiger partial charge in [-0.3, -0.25) is 9.59 Å². The van der Waals surface area contributed by atoms with Crippen molar-refractivity contribution < 1.29 is 19.1 Å². The van der Waals surface area contributed by atoms with E-state index in [0.29, 0.717) is 50.3 Å². The predicted molar refractivity (Wildman–Crippen MR) is 114 cm³/mol. The van der Waals surface area contributed by atoms with Gasteiger partial charge in [0.05, 0.1) is 17.7 Å². The van der Waals surface area contributed by atoms with Gasteiger partial charge in [-0.05, 0) is 42.5 Å². The van der Waals surface area contributed by atoms with Crippen LogP contribution >= 0.6 is 11.3 Å². The van der Waals surface area contributed by atoms with Crippen LogP contribution in [0.3, 0.4) is 0 Å². The first-order valence-electron chi connectivity index (χ1n) is 10.0. The van der Waals surface area contributed by atoms with Crippen molar-refractivity contribution in [2.45, 2.75) is 25.9 Å². The van der Waals surface area contributed by atoms with Crippen LogP contribution in [0.1, 0.15) is 33.8 Å². The fourth-order valence-corrected chi connectivity index (χ4v) is 4.49. The number of para-hydroxylation sites is 1. The van der Waals surface area contributed by atoms with Crippen LogP contribution in [0, 0.1) is 5.92 Å². The van der Waals surface area contributed by atoms with Crippen molar-refractivity contribution in [3.05, 3.63) is 76.4 Å². The maximum Gasteiger partial charge on any atom is 0.263 e. The van der Waals surface area contributed by atoms with E-state index in [0.717, 1.165) is 4.88 Å². The van der Waals surface area contributed by atoms with E-state index in [2.05, 4.69) is 0 Å². The van der Waals surface area contributed by atoms with Crippen LogP contribution in [0.25, 0.3) is 0 Å². The molecule has 0 spiro atoms. The second-order valence-corrected chi connectivity index (χ2v) is 8.39. The zero-order valence-electron chi connectivity index (χ0n) is 16.6. The van der Waals surface area contributed by atoms with Crippen LogP contribution in [-0.4, -0.2) is 39.8 Å². The van der Waals surface area contributed by atoms with Crippen molar-refractivity contribution in [3.8, 4) is 5.75 Å². The molecule has 4 rings (SSSR count). The summed E-state index contributed by atoms with van der Waals surface area (Å²) >= 11 is 1.44. The van der Waals surface area contributed by atoms with Crippen LogP contribution < -0.4 is 0 Å². The van der Waals surface area contributed by atoms with Crippen LogP contribution in [-0.2, 0) is 17.9 Å². The van der Waals surface area contributed by atoms with Gasteiger partial charge in [-0.2, -0.15) is 0 Å². The van der Waals surface area contributed by atoms with Crippen molar-refractivity contribution in [1.29, 1.82) is 0 Å². The average molecular weight is 425 g/mol. The molecule has 0 atom stereocenters. The van der Waals surface area contributed by atoms with Crippen LogP contribution in [0.4, 0.5) is 0 Å². The van der Waals surface area contributed by atoms with Crippen LogP contribution in [0.2, 0.25) is 0 Å². The number of hydrogen-bond donors (Lipinski definition) is 1. The molecule has 1 aliphatic heterocycles. The first-order valence-corrected chi connectivity index (χ1v) is 10.9. The Bertz CT molecular complexity index is 977. The summed E-state index contributed by atoms with van der Waals surface area (Å²) in [7, 11) is 0. The summed E-state index contributed by atoms with van der Waals surface area (Å²) in [4.78, 5) is 30.2. The molecule has 30 heavy (non-hydrogen) atoms. The highest BCUT2D eigenvalue weighted by molar-refractivity contribution is 7.12. The van der Waals surface area contributed by atoms with Gasteiger partial charge in [0, 0.05) is 31.1 Å². The number of carbonyl (C=O) groups excluding carboxylic acids is 2. The van der Waals surface area contributed by atoms with E-state index >= 15 is 0 Å². The molecule has 0 bridgehead atoms. The Hall–Kier alpha value is -3.06. The van der Waals surface area contributed by atoms with E-state index in [-0.39, 0.29) is 23.5 Å². The molecule has 3 heterocycles. The number of thiophene rings is 1. The number of furan rings is 1. The Balaban J connectivity index is 1.44. The van der Waals surface area contributed by atoms with Crippen LogP contribution in [0.5, 0.6) is 5.75 Å². The van der Waals surface area contributed by atoms with Crippen LogP contribution in [0.15, 0.2) is 64.6 Å². The molecular weight excluding hydrogens is 400 g/mol. The van der Waals surface area contributed by atoms with Gasteiger partial charge in [0.2, 0.25) is 5.91 Å². The summed E-state index contributed by atoms with van der Waals surface area (Å²) in [6.45, 7) is 1.78. The lowest BCUT2D eigenvalue weighted by molar-refractivity contribution is -0.138. The van der Waals surface area contributed by atoms with Gasteiger partial charge in [0.15, 0.2) is 0 Å². The molecule has 1 saturated heterocycles. The lowest BCUT2D eigenvalue weighted by Gasteiger charge is -2.34. The minimum atomic E-state index is -0.154. The van der Waals surface area contributed by atoms with Crippen molar-refractivity contribution in [2.24, 2.45) is 5.92 Å². The quantitative estimate of drug-likeness (QED) is 0.646. The number of aromatic hydroxyl groups is 1. The van der Waals surface area contributed by atoms with E-state index in [9.17, 15) is 14.7 Å². The number of phenolic OH excluding ortho intramolecular Hbond substituents is 1. The molecule has 0 saturated carbocycles. The highest BCUT2D eigenvalue weighted by atomic mass is 32.1. The van der Waals surface area contributed by atoms with Gasteiger partial charge in [0.25, 0.3) is 5.91 Å². The molecule has 6 nitrogen and oxygen atoms in total. The lowest BCUT2D eigenvalue weighted by atomic mass is 9.94. The van der Waals surface area contributed by atoms with Crippen molar-refractivity contribution in [2.75, 3.05) is 13.1 Å². The monoisotopic (exact) mass is 424 g/mol. The summed E-state index contributed by atoms with van der Waals surface area (Å²) < 4.78 is 5.45. The number of carbonyl (C=O) groups is 2. The number of phenols is 1. The molecular formula is C23H24N2O4S. The maximum atomic E-state index is 13.3. The highest BCUT2D eigenvalue weighted by Gasteiger charge is 2.31. The molecule has 2 aromatic heterocycles. The van der Waals surface area contributed by atoms with Gasteiger partial charge in [-0.1, -0.05) is 24.3 Å². The largest absolute Gasteiger partial charge is 0.508 e. The zero-order valence-corrected chi connectivity index (χ0v) is 17.4. The first-order chi connectivity index (χ1) is 14.6. The predicted octanol–water partition coefficient (Wildman–Crippen LogP) is 4.13. The van der Waals surface area contributed by atoms with Gasteiger partial charge >= 0.3 is 0 Å². The molecule has 2 amide bonds. The third-order valence-corrected chi connectivity index (χ3v) is 6.31. The SMILES string of the molecule is O=C(c1cccs1)N1CCC(C(=O)N(Cc2ccco2)Cc2ccccc2O)CC1. The fourth-order valence-electron chi connectivity index (χ4n) is 3.80. The molecule has 7 heteroatoms. The number of benzene rings is 1. The Labute approximate surface area is 179 Å². The topological polar surface area (TPSA) is 74.0 Å². The molecule has 3 aromatic rings. The minimum Gasteiger partial charge on any atom is -0.508 e. The number of likely N-dealkylation sites (tertiary alicyclic amines) is 1. The van der Waals surface area contributed by atoms with Crippen molar-refractivity contribution >= 4 is 23.2 Å². The molecule has 1 N–H and O–H groups in total. The molecule has 156 valence electrons. The number of amides is 2. The van der Waals surface area contributed by atoms with Crippen molar-refractivity contribution in [1.82, 2.24) is 9.80 Å². The Morgan fingerprint density at radius 1 is 1.07 bits per heavy atom. The third-order valence-electron chi connectivity index (χ3n) is 5.45. The smallest absolute Gasteiger partial charge is 0.263 e. The second-order valence-electron chi connectivity index (χ2n) is 7.45. The van der Waals surface area contributed by atoms with E-state index in [4.69, 9.17) is 4.42 Å². The molecule has 1 fully saturated rings. The fraction of sp³-hybridized carbons (Fsp3) is 0.304. The van der Waals surface area contributed by atoms with E-state index in [1.54, 1.807) is 29.4 Å². The summed E-state index contributed by atoms with van der Waals surface area (Å²) in [5, 5.41) is 12.1. The van der Waals surface area contributed by atoms with E-state index < -0.39 is 0 Å². The second kappa shape index (κ2) is 9.17.